The SMILES string of the molecule is CCC(CC)(CO)CNS(=O)(=O)c1cnc(Cl)s1. The molecule has 0 unspecified atom stereocenters. The second-order valence-corrected chi connectivity index (χ2v) is 7.73. The highest BCUT2D eigenvalue weighted by Gasteiger charge is 2.28. The van der Waals surface area contributed by atoms with Crippen LogP contribution in [-0.2, 0) is 10.0 Å². The minimum Gasteiger partial charge on any atom is -0.396 e. The van der Waals surface area contributed by atoms with Crippen LogP contribution in [0.2, 0.25) is 4.47 Å². The zero-order valence-corrected chi connectivity index (χ0v) is 12.7. The maximum Gasteiger partial charge on any atom is 0.251 e. The molecule has 1 heterocycles. The van der Waals surface area contributed by atoms with Crippen molar-refractivity contribution >= 4 is 33.0 Å². The molecule has 0 bridgehead atoms. The monoisotopic (exact) mass is 312 g/mol. The number of nitrogens with zero attached hydrogens (tertiary/aromatic N) is 1. The van der Waals surface area contributed by atoms with E-state index >= 15 is 0 Å². The minimum atomic E-state index is -3.59. The van der Waals surface area contributed by atoms with E-state index in [2.05, 4.69) is 9.71 Å². The normalized spacial score (nSPS) is 12.9. The first-order chi connectivity index (χ1) is 8.39. The first kappa shape index (κ1) is 15.8. The predicted molar refractivity (Wildman–Crippen MR) is 72.4 cm³/mol. The highest BCUT2D eigenvalue weighted by Crippen LogP contribution is 2.26. The maximum absolute atomic E-state index is 12.0. The van der Waals surface area contributed by atoms with Crippen LogP contribution in [0.4, 0.5) is 0 Å². The first-order valence-corrected chi connectivity index (χ1v) is 8.29. The van der Waals surface area contributed by atoms with E-state index in [1.807, 2.05) is 13.8 Å². The molecule has 0 fully saturated rings. The summed E-state index contributed by atoms with van der Waals surface area (Å²) in [6, 6.07) is 0. The summed E-state index contributed by atoms with van der Waals surface area (Å²) < 4.78 is 26.7. The van der Waals surface area contributed by atoms with Crippen LogP contribution < -0.4 is 4.72 Å². The van der Waals surface area contributed by atoms with E-state index in [1.54, 1.807) is 0 Å². The Kier molecular flexibility index (Phi) is 5.54. The number of hydrogen-bond acceptors (Lipinski definition) is 5. The molecule has 1 rings (SSSR count). The van der Waals surface area contributed by atoms with Crippen molar-refractivity contribution in [3.63, 3.8) is 0 Å². The summed E-state index contributed by atoms with van der Waals surface area (Å²) in [5.41, 5.74) is -0.415. The molecule has 0 radical (unpaired) electrons. The van der Waals surface area contributed by atoms with Gasteiger partial charge in [0.1, 0.15) is 0 Å². The fourth-order valence-electron chi connectivity index (χ4n) is 1.46. The van der Waals surface area contributed by atoms with E-state index in [0.717, 1.165) is 11.3 Å². The third-order valence-corrected chi connectivity index (χ3v) is 6.17. The van der Waals surface area contributed by atoms with Crippen molar-refractivity contribution in [1.82, 2.24) is 9.71 Å². The number of halogens is 1. The van der Waals surface area contributed by atoms with Gasteiger partial charge in [0.15, 0.2) is 8.68 Å². The van der Waals surface area contributed by atoms with Crippen LogP contribution in [0, 0.1) is 5.41 Å². The Hall–Kier alpha value is -0.210. The molecule has 8 heteroatoms. The molecule has 1 aromatic heterocycles. The number of nitrogens with one attached hydrogen (secondary N) is 1. The van der Waals surface area contributed by atoms with Crippen LogP contribution in [-0.4, -0.2) is 31.7 Å². The number of thiazole rings is 1. The van der Waals surface area contributed by atoms with E-state index in [9.17, 15) is 13.5 Å². The Labute approximate surface area is 116 Å². The molecular formula is C10H17ClN2O3S2. The number of aliphatic hydroxyl groups excluding tert-OH is 1. The lowest BCUT2D eigenvalue weighted by atomic mass is 9.84. The molecular weight excluding hydrogens is 296 g/mol. The number of aromatic nitrogens is 1. The zero-order valence-electron chi connectivity index (χ0n) is 10.3. The molecule has 18 heavy (non-hydrogen) atoms. The van der Waals surface area contributed by atoms with Gasteiger partial charge in [-0.15, -0.1) is 0 Å². The van der Waals surface area contributed by atoms with Gasteiger partial charge in [-0.05, 0) is 12.8 Å². The smallest absolute Gasteiger partial charge is 0.251 e. The van der Waals surface area contributed by atoms with E-state index in [-0.39, 0.29) is 21.8 Å². The highest BCUT2D eigenvalue weighted by molar-refractivity contribution is 7.91. The molecule has 0 spiro atoms. The Morgan fingerprint density at radius 2 is 2.11 bits per heavy atom. The Morgan fingerprint density at radius 3 is 2.50 bits per heavy atom. The molecule has 0 aliphatic carbocycles. The minimum absolute atomic E-state index is 0.0496. The molecule has 1 aromatic rings. The number of sulfonamides is 1. The standard InChI is InChI=1S/C10H17ClN2O3S2/c1-3-10(4-2,7-14)6-13-18(15,16)8-5-12-9(11)17-8/h5,13-14H,3-4,6-7H2,1-2H3. The summed E-state index contributed by atoms with van der Waals surface area (Å²) in [7, 11) is -3.59. The van der Waals surface area contributed by atoms with Gasteiger partial charge in [-0.25, -0.2) is 18.1 Å². The van der Waals surface area contributed by atoms with Crippen LogP contribution in [0.15, 0.2) is 10.4 Å². The summed E-state index contributed by atoms with van der Waals surface area (Å²) in [5, 5.41) is 9.38. The lowest BCUT2D eigenvalue weighted by molar-refractivity contribution is 0.119. The summed E-state index contributed by atoms with van der Waals surface area (Å²) >= 11 is 6.52. The van der Waals surface area contributed by atoms with Crippen molar-refractivity contribution in [3.05, 3.63) is 10.7 Å². The topological polar surface area (TPSA) is 79.3 Å². The third-order valence-electron chi connectivity index (χ3n) is 3.19. The van der Waals surface area contributed by atoms with Crippen LogP contribution in [0.25, 0.3) is 0 Å². The van der Waals surface area contributed by atoms with Crippen molar-refractivity contribution in [2.75, 3.05) is 13.2 Å². The second kappa shape index (κ2) is 6.29. The molecule has 0 amide bonds. The summed E-state index contributed by atoms with van der Waals surface area (Å²) in [5.74, 6) is 0. The maximum atomic E-state index is 12.0. The van der Waals surface area contributed by atoms with Crippen LogP contribution >= 0.6 is 22.9 Å². The van der Waals surface area contributed by atoms with E-state index < -0.39 is 15.4 Å². The van der Waals surface area contributed by atoms with Gasteiger partial charge in [0.05, 0.1) is 6.20 Å². The van der Waals surface area contributed by atoms with Crippen molar-refractivity contribution in [2.24, 2.45) is 5.41 Å². The van der Waals surface area contributed by atoms with Crippen LogP contribution in [0.5, 0.6) is 0 Å². The number of rotatable bonds is 7. The van der Waals surface area contributed by atoms with Gasteiger partial charge in [0.2, 0.25) is 0 Å². The molecule has 104 valence electrons. The number of hydrogen-bond donors (Lipinski definition) is 2. The van der Waals surface area contributed by atoms with Crippen molar-refractivity contribution in [2.45, 2.75) is 30.9 Å². The molecule has 0 atom stereocenters. The predicted octanol–water partition coefficient (Wildman–Crippen LogP) is 1.87. The van der Waals surface area contributed by atoms with Gasteiger partial charge < -0.3 is 5.11 Å². The molecule has 0 aromatic carbocycles. The van der Waals surface area contributed by atoms with Crippen LogP contribution in [0.3, 0.4) is 0 Å². The van der Waals surface area contributed by atoms with Gasteiger partial charge in [-0.3, -0.25) is 0 Å². The molecule has 0 saturated carbocycles. The van der Waals surface area contributed by atoms with Crippen molar-refractivity contribution in [1.29, 1.82) is 0 Å². The Morgan fingerprint density at radius 1 is 1.50 bits per heavy atom. The third kappa shape index (κ3) is 3.64. The van der Waals surface area contributed by atoms with Gasteiger partial charge in [-0.1, -0.05) is 36.8 Å². The summed E-state index contributed by atoms with van der Waals surface area (Å²) in [6.45, 7) is 4.01. The van der Waals surface area contributed by atoms with Gasteiger partial charge in [-0.2, -0.15) is 0 Å². The molecule has 0 aliphatic heterocycles. The quantitative estimate of drug-likeness (QED) is 0.805. The lowest BCUT2D eigenvalue weighted by Gasteiger charge is -2.29. The average molecular weight is 313 g/mol. The molecule has 2 N–H and O–H groups in total. The Balaban J connectivity index is 2.79. The van der Waals surface area contributed by atoms with E-state index in [1.165, 1.54) is 6.20 Å². The lowest BCUT2D eigenvalue weighted by Crippen LogP contribution is -2.39. The first-order valence-electron chi connectivity index (χ1n) is 5.61. The second-order valence-electron chi connectivity index (χ2n) is 4.12. The fraction of sp³-hybridized carbons (Fsp3) is 0.700. The van der Waals surface area contributed by atoms with Crippen LogP contribution in [0.1, 0.15) is 26.7 Å². The van der Waals surface area contributed by atoms with Crippen molar-refractivity contribution < 1.29 is 13.5 Å². The van der Waals surface area contributed by atoms with E-state index in [4.69, 9.17) is 11.6 Å². The largest absolute Gasteiger partial charge is 0.396 e. The molecule has 0 aliphatic rings. The van der Waals surface area contributed by atoms with Gasteiger partial charge in [0.25, 0.3) is 10.0 Å². The highest BCUT2D eigenvalue weighted by atomic mass is 35.5. The van der Waals surface area contributed by atoms with E-state index in [0.29, 0.717) is 12.8 Å². The molecule has 5 nitrogen and oxygen atoms in total. The van der Waals surface area contributed by atoms with Crippen molar-refractivity contribution in [3.8, 4) is 0 Å². The average Bonchev–Trinajstić information content (AvgIpc) is 2.79. The van der Waals surface area contributed by atoms with Gasteiger partial charge in [0, 0.05) is 18.6 Å². The summed E-state index contributed by atoms with van der Waals surface area (Å²) in [6.07, 6.45) is 2.63. The zero-order chi connectivity index (χ0) is 13.8. The summed E-state index contributed by atoms with van der Waals surface area (Å²) in [4.78, 5) is 3.70. The van der Waals surface area contributed by atoms with Gasteiger partial charge >= 0.3 is 0 Å². The molecule has 0 saturated heterocycles. The fourth-order valence-corrected chi connectivity index (χ4v) is 3.96. The number of aliphatic hydroxyl groups is 1. The Bertz CT molecular complexity index is 475.